The SMILES string of the molecule is COc1ccc(-c2nc(C#N)c(N3CCN(C(=O)c4ccc(C)cc4)CC3)o2)cc1. The molecule has 7 heteroatoms. The van der Waals surface area contributed by atoms with Crippen LogP contribution in [0.1, 0.15) is 21.6 Å². The van der Waals surface area contributed by atoms with E-state index < -0.39 is 0 Å². The largest absolute Gasteiger partial charge is 0.497 e. The van der Waals surface area contributed by atoms with Crippen molar-refractivity contribution >= 4 is 11.8 Å². The van der Waals surface area contributed by atoms with E-state index in [0.717, 1.165) is 16.9 Å². The summed E-state index contributed by atoms with van der Waals surface area (Å²) < 4.78 is 11.1. The number of methoxy groups -OCH3 is 1. The summed E-state index contributed by atoms with van der Waals surface area (Å²) in [6, 6.07) is 17.0. The number of piperazine rings is 1. The lowest BCUT2D eigenvalue weighted by atomic mass is 10.1. The molecule has 0 unspecified atom stereocenters. The Labute approximate surface area is 175 Å². The minimum atomic E-state index is 0.0200. The Kier molecular flexibility index (Phi) is 5.40. The summed E-state index contributed by atoms with van der Waals surface area (Å²) in [6.07, 6.45) is 0. The second kappa shape index (κ2) is 8.29. The number of benzene rings is 2. The summed E-state index contributed by atoms with van der Waals surface area (Å²) >= 11 is 0. The fourth-order valence-electron chi connectivity index (χ4n) is 3.45. The molecule has 1 aliphatic rings. The highest BCUT2D eigenvalue weighted by molar-refractivity contribution is 5.94. The molecule has 30 heavy (non-hydrogen) atoms. The first-order valence-corrected chi connectivity index (χ1v) is 9.75. The molecular formula is C23H22N4O3. The number of ether oxygens (including phenoxy) is 1. The number of hydrogen-bond acceptors (Lipinski definition) is 6. The van der Waals surface area contributed by atoms with Gasteiger partial charge in [-0.15, -0.1) is 0 Å². The molecule has 4 rings (SSSR count). The third-order valence-corrected chi connectivity index (χ3v) is 5.20. The van der Waals surface area contributed by atoms with Crippen LogP contribution >= 0.6 is 0 Å². The van der Waals surface area contributed by atoms with Gasteiger partial charge in [-0.1, -0.05) is 17.7 Å². The van der Waals surface area contributed by atoms with Crippen LogP contribution in [0.3, 0.4) is 0 Å². The number of aromatic nitrogens is 1. The van der Waals surface area contributed by atoms with Gasteiger partial charge in [-0.2, -0.15) is 10.2 Å². The van der Waals surface area contributed by atoms with Crippen LogP contribution in [0.25, 0.3) is 11.5 Å². The zero-order valence-electron chi connectivity index (χ0n) is 17.0. The summed E-state index contributed by atoms with van der Waals surface area (Å²) in [5.74, 6) is 1.60. The smallest absolute Gasteiger partial charge is 0.253 e. The number of amides is 1. The molecule has 152 valence electrons. The van der Waals surface area contributed by atoms with Gasteiger partial charge in [-0.05, 0) is 43.3 Å². The van der Waals surface area contributed by atoms with E-state index in [4.69, 9.17) is 9.15 Å². The number of oxazole rings is 1. The van der Waals surface area contributed by atoms with Crippen molar-refractivity contribution in [2.75, 3.05) is 38.2 Å². The molecule has 2 heterocycles. The van der Waals surface area contributed by atoms with E-state index >= 15 is 0 Å². The van der Waals surface area contributed by atoms with Crippen LogP contribution in [0.15, 0.2) is 52.9 Å². The van der Waals surface area contributed by atoms with Gasteiger partial charge in [0.05, 0.1) is 7.11 Å². The van der Waals surface area contributed by atoms with Crippen molar-refractivity contribution in [3.05, 3.63) is 65.4 Å². The first-order valence-electron chi connectivity index (χ1n) is 9.75. The second-order valence-corrected chi connectivity index (χ2v) is 7.16. The summed E-state index contributed by atoms with van der Waals surface area (Å²) in [4.78, 5) is 20.9. The highest BCUT2D eigenvalue weighted by atomic mass is 16.5. The molecule has 0 aliphatic carbocycles. The number of aryl methyl sites for hydroxylation is 1. The number of hydrogen-bond donors (Lipinski definition) is 0. The molecule has 1 amide bonds. The van der Waals surface area contributed by atoms with Crippen LogP contribution in [-0.4, -0.2) is 49.1 Å². The molecule has 7 nitrogen and oxygen atoms in total. The van der Waals surface area contributed by atoms with Crippen molar-refractivity contribution in [1.82, 2.24) is 9.88 Å². The van der Waals surface area contributed by atoms with Crippen molar-refractivity contribution in [3.8, 4) is 23.3 Å². The number of nitrogens with zero attached hydrogens (tertiary/aromatic N) is 4. The third-order valence-electron chi connectivity index (χ3n) is 5.20. The summed E-state index contributed by atoms with van der Waals surface area (Å²) in [5.41, 5.74) is 2.83. The Morgan fingerprint density at radius 2 is 1.73 bits per heavy atom. The van der Waals surface area contributed by atoms with Crippen LogP contribution in [0.2, 0.25) is 0 Å². The average molecular weight is 402 g/mol. The molecule has 1 saturated heterocycles. The summed E-state index contributed by atoms with van der Waals surface area (Å²) in [5, 5.41) is 9.52. The molecule has 0 radical (unpaired) electrons. The van der Waals surface area contributed by atoms with Gasteiger partial charge in [0.15, 0.2) is 0 Å². The lowest BCUT2D eigenvalue weighted by Gasteiger charge is -2.34. The van der Waals surface area contributed by atoms with E-state index in [2.05, 4.69) is 11.1 Å². The molecular weight excluding hydrogens is 380 g/mol. The van der Waals surface area contributed by atoms with Crippen molar-refractivity contribution in [2.24, 2.45) is 0 Å². The number of anilines is 1. The van der Waals surface area contributed by atoms with Crippen molar-refractivity contribution in [3.63, 3.8) is 0 Å². The van der Waals surface area contributed by atoms with Gasteiger partial charge in [0.1, 0.15) is 11.8 Å². The molecule has 1 fully saturated rings. The number of carbonyl (C=O) groups excluding carboxylic acids is 1. The predicted molar refractivity (Wildman–Crippen MR) is 113 cm³/mol. The monoisotopic (exact) mass is 402 g/mol. The first kappa shape index (κ1) is 19.5. The van der Waals surface area contributed by atoms with E-state index in [1.54, 1.807) is 7.11 Å². The zero-order valence-corrected chi connectivity index (χ0v) is 17.0. The van der Waals surface area contributed by atoms with Crippen molar-refractivity contribution < 1.29 is 13.9 Å². The van der Waals surface area contributed by atoms with E-state index in [0.29, 0.717) is 43.5 Å². The maximum absolute atomic E-state index is 12.7. The van der Waals surface area contributed by atoms with E-state index in [1.807, 2.05) is 65.3 Å². The fourth-order valence-corrected chi connectivity index (χ4v) is 3.45. The van der Waals surface area contributed by atoms with Crippen LogP contribution in [0, 0.1) is 18.3 Å². The van der Waals surface area contributed by atoms with Gasteiger partial charge in [-0.3, -0.25) is 4.79 Å². The Hall–Kier alpha value is -3.79. The van der Waals surface area contributed by atoms with Crippen LogP contribution < -0.4 is 9.64 Å². The Balaban J connectivity index is 1.47. The molecule has 0 saturated carbocycles. The second-order valence-electron chi connectivity index (χ2n) is 7.16. The quantitative estimate of drug-likeness (QED) is 0.664. The molecule has 0 atom stereocenters. The fraction of sp³-hybridized carbons (Fsp3) is 0.261. The summed E-state index contributed by atoms with van der Waals surface area (Å²) in [7, 11) is 1.61. The van der Waals surface area contributed by atoms with Gasteiger partial charge in [0.2, 0.25) is 17.5 Å². The van der Waals surface area contributed by atoms with Crippen molar-refractivity contribution in [2.45, 2.75) is 6.92 Å². The maximum Gasteiger partial charge on any atom is 0.253 e. The normalized spacial score (nSPS) is 13.8. The van der Waals surface area contributed by atoms with E-state index in [9.17, 15) is 10.1 Å². The molecule has 3 aromatic rings. The molecule has 0 spiro atoms. The lowest BCUT2D eigenvalue weighted by molar-refractivity contribution is 0.0745. The maximum atomic E-state index is 12.7. The molecule has 1 aliphatic heterocycles. The average Bonchev–Trinajstić information content (AvgIpc) is 3.24. The predicted octanol–water partition coefficient (Wildman–Crippen LogP) is 3.49. The topological polar surface area (TPSA) is 82.6 Å². The molecule has 1 aromatic heterocycles. The third kappa shape index (κ3) is 3.85. The molecule has 0 N–H and O–H groups in total. The van der Waals surface area contributed by atoms with Crippen molar-refractivity contribution in [1.29, 1.82) is 5.26 Å². The standard InChI is InChI=1S/C23H22N4O3/c1-16-3-5-18(6-4-16)22(28)26-11-13-27(14-12-26)23-20(15-24)25-21(30-23)17-7-9-19(29-2)10-8-17/h3-10H,11-14H2,1-2H3. The number of carbonyl (C=O) groups is 1. The molecule has 0 bridgehead atoms. The highest BCUT2D eigenvalue weighted by Gasteiger charge is 2.27. The number of nitriles is 1. The highest BCUT2D eigenvalue weighted by Crippen LogP contribution is 2.30. The first-order chi connectivity index (χ1) is 14.6. The van der Waals surface area contributed by atoms with Gasteiger partial charge >= 0.3 is 0 Å². The Bertz CT molecular complexity index is 1070. The van der Waals surface area contributed by atoms with Crippen LogP contribution in [0.5, 0.6) is 5.75 Å². The van der Waals surface area contributed by atoms with Crippen LogP contribution in [-0.2, 0) is 0 Å². The minimum absolute atomic E-state index is 0.0200. The number of rotatable bonds is 4. The van der Waals surface area contributed by atoms with E-state index in [-0.39, 0.29) is 11.6 Å². The zero-order chi connectivity index (χ0) is 21.1. The van der Waals surface area contributed by atoms with Gasteiger partial charge in [0, 0.05) is 37.3 Å². The lowest BCUT2D eigenvalue weighted by Crippen LogP contribution is -2.48. The molecule has 2 aromatic carbocycles. The minimum Gasteiger partial charge on any atom is -0.497 e. The summed E-state index contributed by atoms with van der Waals surface area (Å²) in [6.45, 7) is 4.25. The van der Waals surface area contributed by atoms with Crippen LogP contribution in [0.4, 0.5) is 5.88 Å². The van der Waals surface area contributed by atoms with Gasteiger partial charge in [0.25, 0.3) is 5.91 Å². The van der Waals surface area contributed by atoms with Gasteiger partial charge in [-0.25, -0.2) is 0 Å². The van der Waals surface area contributed by atoms with E-state index in [1.165, 1.54) is 0 Å². The Morgan fingerprint density at radius 3 is 2.33 bits per heavy atom. The Morgan fingerprint density at radius 1 is 1.07 bits per heavy atom. The van der Waals surface area contributed by atoms with Gasteiger partial charge < -0.3 is 19.0 Å².